The molecule has 0 aromatic rings. The van der Waals surface area contributed by atoms with Gasteiger partial charge >= 0.3 is 19.8 Å². The van der Waals surface area contributed by atoms with Gasteiger partial charge in [0.1, 0.15) is 12.7 Å². The third kappa shape index (κ3) is 38.3. The van der Waals surface area contributed by atoms with Gasteiger partial charge < -0.3 is 29.7 Å². The normalized spacial score (nSPS) is 15.2. The van der Waals surface area contributed by atoms with Crippen LogP contribution in [0.2, 0.25) is 0 Å². The highest BCUT2D eigenvalue weighted by molar-refractivity contribution is 7.47. The Morgan fingerprint density at radius 1 is 0.589 bits per heavy atom. The maximum Gasteiger partial charge on any atom is 0.472 e. The van der Waals surface area contributed by atoms with E-state index in [9.17, 15) is 29.3 Å². The molecule has 0 aliphatic heterocycles. The minimum absolute atomic E-state index is 0.0879. The number of rotatable bonds is 38. The molecule has 11 nitrogen and oxygen atoms in total. The number of aliphatic hydroxyl groups excluding tert-OH is 3. The van der Waals surface area contributed by atoms with Crippen molar-refractivity contribution >= 4 is 19.8 Å². The van der Waals surface area contributed by atoms with E-state index < -0.39 is 51.8 Å². The fourth-order valence-electron chi connectivity index (χ4n) is 5.07. The van der Waals surface area contributed by atoms with E-state index in [1.54, 1.807) is 0 Å². The first-order chi connectivity index (χ1) is 27.1. The second-order valence-corrected chi connectivity index (χ2v) is 15.3. The van der Waals surface area contributed by atoms with Crippen LogP contribution in [-0.4, -0.2) is 76.9 Å². The molecule has 0 saturated carbocycles. The number of carbonyl (C=O) groups is 2. The maximum atomic E-state index is 12.6. The molecule has 0 rings (SSSR count). The minimum Gasteiger partial charge on any atom is -0.462 e. The first kappa shape index (κ1) is 53.4. The Labute approximate surface area is 338 Å². The molecule has 0 fully saturated rings. The third-order valence-electron chi connectivity index (χ3n) is 8.52. The smallest absolute Gasteiger partial charge is 0.462 e. The summed E-state index contributed by atoms with van der Waals surface area (Å²) in [5.41, 5.74) is 0. The molecule has 1 unspecified atom stereocenters. The zero-order valence-electron chi connectivity index (χ0n) is 34.4. The molecule has 12 heteroatoms. The van der Waals surface area contributed by atoms with E-state index in [0.717, 1.165) is 77.0 Å². The maximum absolute atomic E-state index is 12.6. The summed E-state index contributed by atoms with van der Waals surface area (Å²) in [7, 11) is -4.65. The average Bonchev–Trinajstić information content (AvgIpc) is 3.19. The van der Waals surface area contributed by atoms with Gasteiger partial charge in [-0.05, 0) is 83.5 Å². The van der Waals surface area contributed by atoms with E-state index in [1.807, 2.05) is 19.1 Å². The number of phosphoric acid groups is 1. The lowest BCUT2D eigenvalue weighted by atomic mass is 10.1. The molecule has 0 radical (unpaired) electrons. The Hall–Kier alpha value is -2.63. The molecule has 0 heterocycles. The highest BCUT2D eigenvalue weighted by atomic mass is 31.2. The molecule has 0 aromatic carbocycles. The Bertz CT molecular complexity index is 1180. The van der Waals surface area contributed by atoms with Crippen LogP contribution in [0.1, 0.15) is 149 Å². The van der Waals surface area contributed by atoms with Crippen molar-refractivity contribution in [3.05, 3.63) is 72.9 Å². The van der Waals surface area contributed by atoms with Gasteiger partial charge in [-0.3, -0.25) is 18.6 Å². The molecule has 4 atom stereocenters. The predicted molar refractivity (Wildman–Crippen MR) is 225 cm³/mol. The van der Waals surface area contributed by atoms with Crippen molar-refractivity contribution in [3.63, 3.8) is 0 Å². The van der Waals surface area contributed by atoms with Crippen molar-refractivity contribution in [1.82, 2.24) is 0 Å². The lowest BCUT2D eigenvalue weighted by Crippen LogP contribution is -2.29. The number of phosphoric ester groups is 1. The van der Waals surface area contributed by atoms with Gasteiger partial charge in [0.15, 0.2) is 6.10 Å². The molecule has 0 bridgehead atoms. The summed E-state index contributed by atoms with van der Waals surface area (Å²) in [6.07, 6.45) is 41.0. The highest BCUT2D eigenvalue weighted by Crippen LogP contribution is 2.43. The number of hydrogen-bond donors (Lipinski definition) is 4. The summed E-state index contributed by atoms with van der Waals surface area (Å²) in [5, 5.41) is 27.9. The molecule has 4 N–H and O–H groups in total. The van der Waals surface area contributed by atoms with E-state index in [-0.39, 0.29) is 25.6 Å². The van der Waals surface area contributed by atoms with Crippen LogP contribution in [0.3, 0.4) is 0 Å². The predicted octanol–water partition coefficient (Wildman–Crippen LogP) is 9.86. The van der Waals surface area contributed by atoms with Crippen molar-refractivity contribution < 1.29 is 52.9 Å². The van der Waals surface area contributed by atoms with Gasteiger partial charge in [-0.1, -0.05) is 125 Å². The van der Waals surface area contributed by atoms with Gasteiger partial charge in [0, 0.05) is 12.8 Å². The molecular formula is C44H75O11P. The Kier molecular flexibility index (Phi) is 37.4. The first-order valence-corrected chi connectivity index (χ1v) is 22.5. The zero-order valence-corrected chi connectivity index (χ0v) is 35.3. The van der Waals surface area contributed by atoms with Crippen LogP contribution in [0.25, 0.3) is 0 Å². The van der Waals surface area contributed by atoms with Crippen LogP contribution < -0.4 is 0 Å². The van der Waals surface area contributed by atoms with E-state index >= 15 is 0 Å². The Morgan fingerprint density at radius 3 is 1.71 bits per heavy atom. The Morgan fingerprint density at radius 2 is 1.11 bits per heavy atom. The van der Waals surface area contributed by atoms with Crippen LogP contribution in [0.4, 0.5) is 0 Å². The molecule has 56 heavy (non-hydrogen) atoms. The lowest BCUT2D eigenvalue weighted by molar-refractivity contribution is -0.161. The second-order valence-electron chi connectivity index (χ2n) is 13.8. The molecule has 0 aliphatic carbocycles. The van der Waals surface area contributed by atoms with Gasteiger partial charge in [0.05, 0.1) is 25.9 Å². The lowest BCUT2D eigenvalue weighted by Gasteiger charge is -2.20. The van der Waals surface area contributed by atoms with Crippen molar-refractivity contribution in [2.24, 2.45) is 0 Å². The van der Waals surface area contributed by atoms with E-state index in [1.165, 1.54) is 25.7 Å². The summed E-state index contributed by atoms with van der Waals surface area (Å²) >= 11 is 0. The van der Waals surface area contributed by atoms with Crippen LogP contribution in [0.15, 0.2) is 72.9 Å². The molecule has 0 spiro atoms. The quantitative estimate of drug-likeness (QED) is 0.0154. The van der Waals surface area contributed by atoms with Gasteiger partial charge in [0.25, 0.3) is 0 Å². The molecule has 0 aromatic heterocycles. The number of allylic oxidation sites excluding steroid dienone is 12. The van der Waals surface area contributed by atoms with Crippen molar-refractivity contribution in [1.29, 1.82) is 0 Å². The number of carbonyl (C=O) groups excluding carboxylic acids is 2. The average molecular weight is 811 g/mol. The van der Waals surface area contributed by atoms with Crippen molar-refractivity contribution in [3.8, 4) is 0 Å². The molecule has 322 valence electrons. The fraction of sp³-hybridized carbons (Fsp3) is 0.682. The number of aliphatic hydroxyl groups is 3. The molecular weight excluding hydrogens is 735 g/mol. The number of esters is 2. The zero-order chi connectivity index (χ0) is 41.4. The SMILES string of the molecule is CCCCCC/C=C\C=C/CCCCCCCC(=O)OC[C@H](COP(=O)(O)OC[C@@H](O)CO)OC(=O)CCC/C=C\C/C=C\C/C=C\C/C=C\CC[C@H](O)CC. The second kappa shape index (κ2) is 39.2. The summed E-state index contributed by atoms with van der Waals surface area (Å²) < 4.78 is 32.6. The highest BCUT2D eigenvalue weighted by Gasteiger charge is 2.27. The summed E-state index contributed by atoms with van der Waals surface area (Å²) in [6.45, 7) is 1.97. The van der Waals surface area contributed by atoms with E-state index in [0.29, 0.717) is 19.3 Å². The standard InChI is InChI=1S/C44H75O11P/c1-3-5-6-7-8-9-10-11-12-16-19-22-25-28-31-34-43(48)52-38-42(39-54-56(50,51)53-37-41(47)36-45)55-44(49)35-32-29-26-23-20-17-14-13-15-18-21-24-27-30-33-40(46)4-2/h9-12,14-15,17-18,23-24,26-27,40-42,45-47H,3-8,13,16,19-22,25,28-39H2,1-2H3,(H,50,51)/b10-9-,12-11-,17-14-,18-15-,26-23-,27-24-/t40-,41+,42-/m1/s1. The van der Waals surface area contributed by atoms with Gasteiger partial charge in [-0.15, -0.1) is 0 Å². The van der Waals surface area contributed by atoms with Crippen molar-refractivity contribution in [2.45, 2.75) is 167 Å². The Balaban J connectivity index is 4.47. The monoisotopic (exact) mass is 811 g/mol. The topological polar surface area (TPSA) is 169 Å². The third-order valence-corrected chi connectivity index (χ3v) is 9.48. The van der Waals surface area contributed by atoms with E-state index in [2.05, 4.69) is 72.2 Å². The minimum atomic E-state index is -4.65. The van der Waals surface area contributed by atoms with Crippen LogP contribution in [0, 0.1) is 0 Å². The number of ether oxygens (including phenoxy) is 2. The van der Waals surface area contributed by atoms with Gasteiger partial charge in [-0.25, -0.2) is 4.57 Å². The molecule has 0 amide bonds. The van der Waals surface area contributed by atoms with Gasteiger partial charge in [0.2, 0.25) is 0 Å². The summed E-state index contributed by atoms with van der Waals surface area (Å²) in [6, 6.07) is 0. The summed E-state index contributed by atoms with van der Waals surface area (Å²) in [5.74, 6) is -1.03. The summed E-state index contributed by atoms with van der Waals surface area (Å²) in [4.78, 5) is 34.9. The number of hydrogen-bond acceptors (Lipinski definition) is 10. The van der Waals surface area contributed by atoms with Crippen LogP contribution in [-0.2, 0) is 32.7 Å². The van der Waals surface area contributed by atoms with Crippen LogP contribution in [0.5, 0.6) is 0 Å². The molecule has 0 saturated heterocycles. The largest absolute Gasteiger partial charge is 0.472 e. The first-order valence-electron chi connectivity index (χ1n) is 21.0. The number of unbranched alkanes of at least 4 members (excludes halogenated alkanes) is 10. The van der Waals surface area contributed by atoms with E-state index in [4.69, 9.17) is 19.1 Å². The van der Waals surface area contributed by atoms with Crippen molar-refractivity contribution in [2.75, 3.05) is 26.4 Å². The van der Waals surface area contributed by atoms with Gasteiger partial charge in [-0.2, -0.15) is 0 Å². The fourth-order valence-corrected chi connectivity index (χ4v) is 5.86. The molecule has 0 aliphatic rings. The van der Waals surface area contributed by atoms with Crippen LogP contribution >= 0.6 is 7.82 Å².